The Bertz CT molecular complexity index is 727. The Morgan fingerprint density at radius 1 is 1.28 bits per heavy atom. The van der Waals surface area contributed by atoms with Crippen molar-refractivity contribution in [2.45, 2.75) is 30.9 Å². The molecule has 4 rings (SSSR count). The first kappa shape index (κ1) is 16.0. The Morgan fingerprint density at radius 3 is 2.96 bits per heavy atom. The highest BCUT2D eigenvalue weighted by molar-refractivity contribution is 5.94. The van der Waals surface area contributed by atoms with Crippen LogP contribution < -0.4 is 5.32 Å². The maximum absolute atomic E-state index is 12.7. The number of ether oxygens (including phenoxy) is 1. The summed E-state index contributed by atoms with van der Waals surface area (Å²) in [6.45, 7) is 1.99. The summed E-state index contributed by atoms with van der Waals surface area (Å²) in [5.74, 6) is 0.644. The second-order valence-corrected chi connectivity index (χ2v) is 6.68. The van der Waals surface area contributed by atoms with Crippen molar-refractivity contribution in [1.82, 2.24) is 19.9 Å². The molecule has 0 bridgehead atoms. The molecule has 0 aliphatic carbocycles. The molecule has 7 heteroatoms. The molecule has 1 N–H and O–H groups in total. The van der Waals surface area contributed by atoms with Gasteiger partial charge >= 0.3 is 0 Å². The maximum Gasteiger partial charge on any atom is 0.255 e. The number of carbonyl (C=O) groups is 1. The third kappa shape index (κ3) is 3.46. The van der Waals surface area contributed by atoms with Gasteiger partial charge in [0.05, 0.1) is 30.4 Å². The summed E-state index contributed by atoms with van der Waals surface area (Å²) in [6, 6.07) is 5.55. The molecule has 2 fully saturated rings. The van der Waals surface area contributed by atoms with E-state index in [1.807, 2.05) is 11.0 Å². The van der Waals surface area contributed by atoms with E-state index in [9.17, 15) is 4.79 Å². The van der Waals surface area contributed by atoms with Gasteiger partial charge in [-0.25, -0.2) is 9.97 Å². The van der Waals surface area contributed by atoms with Gasteiger partial charge in [-0.05, 0) is 31.0 Å². The molecule has 2 saturated heterocycles. The van der Waals surface area contributed by atoms with E-state index in [4.69, 9.17) is 4.74 Å². The molecular weight excluding hydrogens is 318 g/mol. The van der Waals surface area contributed by atoms with Gasteiger partial charge in [0.1, 0.15) is 0 Å². The van der Waals surface area contributed by atoms with Crippen LogP contribution in [0.3, 0.4) is 0 Å². The molecule has 2 atom stereocenters. The Labute approximate surface area is 146 Å². The van der Waals surface area contributed by atoms with Crippen LogP contribution in [0.4, 0.5) is 5.95 Å². The Morgan fingerprint density at radius 2 is 2.16 bits per heavy atom. The minimum absolute atomic E-state index is 0.0265. The van der Waals surface area contributed by atoms with E-state index >= 15 is 0 Å². The lowest BCUT2D eigenvalue weighted by molar-refractivity contribution is -0.0447. The lowest BCUT2D eigenvalue weighted by atomic mass is 9.88. The molecule has 2 aromatic rings. The van der Waals surface area contributed by atoms with E-state index in [-0.39, 0.29) is 17.6 Å². The van der Waals surface area contributed by atoms with Crippen LogP contribution in [0.1, 0.15) is 29.6 Å². The van der Waals surface area contributed by atoms with Crippen LogP contribution in [0.2, 0.25) is 0 Å². The minimum atomic E-state index is -0.275. The van der Waals surface area contributed by atoms with E-state index in [0.717, 1.165) is 25.8 Å². The van der Waals surface area contributed by atoms with Crippen LogP contribution in [-0.4, -0.2) is 57.1 Å². The summed E-state index contributed by atoms with van der Waals surface area (Å²) in [6.07, 6.45) is 9.50. The molecule has 0 saturated carbocycles. The number of nitrogens with one attached hydrogen (secondary N) is 1. The molecular formula is C18H21N5O2. The number of hydrogen-bond acceptors (Lipinski definition) is 6. The fourth-order valence-electron chi connectivity index (χ4n) is 3.72. The topological polar surface area (TPSA) is 80.2 Å². The van der Waals surface area contributed by atoms with Crippen LogP contribution in [-0.2, 0) is 4.74 Å². The second-order valence-electron chi connectivity index (χ2n) is 6.68. The summed E-state index contributed by atoms with van der Waals surface area (Å²) < 4.78 is 6.15. The van der Waals surface area contributed by atoms with Gasteiger partial charge in [-0.2, -0.15) is 0 Å². The van der Waals surface area contributed by atoms with Gasteiger partial charge in [-0.1, -0.05) is 0 Å². The molecule has 0 aromatic carbocycles. The summed E-state index contributed by atoms with van der Waals surface area (Å²) >= 11 is 0. The predicted molar refractivity (Wildman–Crippen MR) is 92.1 cm³/mol. The predicted octanol–water partition coefficient (Wildman–Crippen LogP) is 1.75. The SMILES string of the molecule is O=C(c1cccnc1)N1CCCC2(CC(Nc3ncccn3)CO2)C1. The van der Waals surface area contributed by atoms with Crippen molar-refractivity contribution in [3.05, 3.63) is 48.5 Å². The molecule has 1 amide bonds. The third-order valence-corrected chi connectivity index (χ3v) is 4.84. The van der Waals surface area contributed by atoms with Crippen molar-refractivity contribution < 1.29 is 9.53 Å². The maximum atomic E-state index is 12.7. The van der Waals surface area contributed by atoms with Crippen molar-refractivity contribution in [1.29, 1.82) is 0 Å². The third-order valence-electron chi connectivity index (χ3n) is 4.84. The number of rotatable bonds is 3. The fraction of sp³-hybridized carbons (Fsp3) is 0.444. The van der Waals surface area contributed by atoms with Crippen LogP contribution in [0.15, 0.2) is 43.0 Å². The zero-order chi connectivity index (χ0) is 17.1. The molecule has 7 nitrogen and oxygen atoms in total. The van der Waals surface area contributed by atoms with Crippen molar-refractivity contribution in [3.8, 4) is 0 Å². The Hall–Kier alpha value is -2.54. The molecule has 4 heterocycles. The van der Waals surface area contributed by atoms with Gasteiger partial charge in [0.15, 0.2) is 0 Å². The van der Waals surface area contributed by atoms with Gasteiger partial charge in [-0.3, -0.25) is 9.78 Å². The number of pyridine rings is 1. The van der Waals surface area contributed by atoms with Gasteiger partial charge < -0.3 is 15.0 Å². The first-order valence-corrected chi connectivity index (χ1v) is 8.61. The fourth-order valence-corrected chi connectivity index (χ4v) is 3.72. The molecule has 2 aliphatic rings. The summed E-state index contributed by atoms with van der Waals surface area (Å²) in [4.78, 5) is 27.1. The molecule has 2 unspecified atom stereocenters. The average molecular weight is 339 g/mol. The largest absolute Gasteiger partial charge is 0.371 e. The van der Waals surface area contributed by atoms with Crippen molar-refractivity contribution >= 4 is 11.9 Å². The van der Waals surface area contributed by atoms with E-state index < -0.39 is 0 Å². The Balaban J connectivity index is 1.42. The van der Waals surface area contributed by atoms with Crippen LogP contribution in [0, 0.1) is 0 Å². The summed E-state index contributed by atoms with van der Waals surface area (Å²) in [7, 11) is 0. The normalized spacial score (nSPS) is 25.9. The van der Waals surface area contributed by atoms with Gasteiger partial charge in [0, 0.05) is 37.8 Å². The zero-order valence-electron chi connectivity index (χ0n) is 14.0. The molecule has 2 aliphatic heterocycles. The molecule has 2 aromatic heterocycles. The zero-order valence-corrected chi connectivity index (χ0v) is 14.0. The summed E-state index contributed by atoms with van der Waals surface area (Å²) in [5.41, 5.74) is 0.354. The van der Waals surface area contributed by atoms with Crippen LogP contribution in [0.25, 0.3) is 0 Å². The van der Waals surface area contributed by atoms with Gasteiger partial charge in [0.2, 0.25) is 5.95 Å². The molecule has 25 heavy (non-hydrogen) atoms. The van der Waals surface area contributed by atoms with Crippen LogP contribution >= 0.6 is 0 Å². The van der Waals surface area contributed by atoms with E-state index in [1.54, 1.807) is 36.9 Å². The summed E-state index contributed by atoms with van der Waals surface area (Å²) in [5, 5.41) is 3.33. The smallest absolute Gasteiger partial charge is 0.255 e. The monoisotopic (exact) mass is 339 g/mol. The number of amides is 1. The van der Waals surface area contributed by atoms with Crippen molar-refractivity contribution in [2.75, 3.05) is 25.0 Å². The number of aromatic nitrogens is 3. The van der Waals surface area contributed by atoms with Gasteiger partial charge in [0.25, 0.3) is 5.91 Å². The number of likely N-dealkylation sites (tertiary alicyclic amines) is 1. The molecule has 1 spiro atoms. The minimum Gasteiger partial charge on any atom is -0.371 e. The van der Waals surface area contributed by atoms with Crippen LogP contribution in [0.5, 0.6) is 0 Å². The molecule has 130 valence electrons. The quantitative estimate of drug-likeness (QED) is 0.918. The number of piperidine rings is 1. The van der Waals surface area contributed by atoms with E-state index in [1.165, 1.54) is 0 Å². The van der Waals surface area contributed by atoms with E-state index in [2.05, 4.69) is 20.3 Å². The number of anilines is 1. The highest BCUT2D eigenvalue weighted by Crippen LogP contribution is 2.35. The van der Waals surface area contributed by atoms with E-state index in [0.29, 0.717) is 24.7 Å². The first-order valence-electron chi connectivity index (χ1n) is 8.61. The lowest BCUT2D eigenvalue weighted by Crippen LogP contribution is -2.50. The Kier molecular flexibility index (Phi) is 4.31. The van der Waals surface area contributed by atoms with Gasteiger partial charge in [-0.15, -0.1) is 0 Å². The second kappa shape index (κ2) is 6.76. The lowest BCUT2D eigenvalue weighted by Gasteiger charge is -2.39. The van der Waals surface area contributed by atoms with Crippen molar-refractivity contribution in [3.63, 3.8) is 0 Å². The average Bonchev–Trinajstić information content (AvgIpc) is 3.04. The first-order chi connectivity index (χ1) is 12.2. The highest BCUT2D eigenvalue weighted by atomic mass is 16.5. The highest BCUT2D eigenvalue weighted by Gasteiger charge is 2.44. The molecule has 0 radical (unpaired) electrons. The number of hydrogen-bond donors (Lipinski definition) is 1. The number of nitrogens with zero attached hydrogens (tertiary/aromatic N) is 4. The van der Waals surface area contributed by atoms with Crippen molar-refractivity contribution in [2.24, 2.45) is 0 Å². The number of carbonyl (C=O) groups excluding carboxylic acids is 1. The standard InChI is InChI=1S/C18H21N5O2/c24-16(14-4-1-6-19-11-14)23-9-2-5-18(13-23)10-15(12-25-18)22-17-20-7-3-8-21-17/h1,3-4,6-8,11,15H,2,5,9-10,12-13H2,(H,20,21,22).